The number of phenolic OH excluding ortho intramolecular Hbond substituents is 1. The molecular weight excluding hydrogens is 506 g/mol. The number of aromatic hydroxyl groups is 1. The van der Waals surface area contributed by atoms with E-state index in [4.69, 9.17) is 16.3 Å². The summed E-state index contributed by atoms with van der Waals surface area (Å²) in [5, 5.41) is 38.8. The van der Waals surface area contributed by atoms with Gasteiger partial charge >= 0.3 is 0 Å². The molecule has 38 heavy (non-hydrogen) atoms. The van der Waals surface area contributed by atoms with E-state index >= 15 is 0 Å². The lowest BCUT2D eigenvalue weighted by Crippen LogP contribution is -2.40. The van der Waals surface area contributed by atoms with E-state index in [9.17, 15) is 20.1 Å². The molecule has 0 aliphatic rings. The number of aliphatic hydroxyl groups excluding tert-OH is 2. The number of halogens is 1. The summed E-state index contributed by atoms with van der Waals surface area (Å²) >= 11 is 5.87. The van der Waals surface area contributed by atoms with Crippen molar-refractivity contribution in [1.29, 1.82) is 0 Å². The van der Waals surface area contributed by atoms with E-state index in [1.165, 1.54) is 18.2 Å². The number of rotatable bonds is 11. The minimum atomic E-state index is -0.841. The molecule has 9 heteroatoms. The van der Waals surface area contributed by atoms with Crippen LogP contribution < -0.4 is 15.5 Å². The van der Waals surface area contributed by atoms with Crippen LogP contribution in [0.4, 0.5) is 0 Å². The van der Waals surface area contributed by atoms with Crippen molar-refractivity contribution in [3.8, 4) is 11.5 Å². The third-order valence-electron chi connectivity index (χ3n) is 5.98. The molecule has 0 bridgehead atoms. The Balaban J connectivity index is 1.37. The molecule has 0 spiro atoms. The average molecular weight is 534 g/mol. The van der Waals surface area contributed by atoms with Crippen molar-refractivity contribution >= 4 is 34.5 Å². The van der Waals surface area contributed by atoms with E-state index in [-0.39, 0.29) is 22.9 Å². The summed E-state index contributed by atoms with van der Waals surface area (Å²) in [6.07, 6.45) is 0.705. The standard InChI is InChI=1S/C29H28ClN3O5/c30-24-16-20(10-12-26(24)35)29(37)33-32-17-21-11-13-27(23-9-5-4-8-22(21)23)38-15-14-31-25(18-34)28(36)19-6-2-1-3-7-19/h1-13,16-17,25,28,31,34-36H,14-15,18H2,(H,33,37)/b32-17+. The predicted molar refractivity (Wildman–Crippen MR) is 148 cm³/mol. The number of fused-ring (bicyclic) bond motifs is 1. The Morgan fingerprint density at radius 1 is 1.00 bits per heavy atom. The first-order chi connectivity index (χ1) is 18.5. The Morgan fingerprint density at radius 2 is 1.74 bits per heavy atom. The van der Waals surface area contributed by atoms with Crippen LogP contribution in [0.3, 0.4) is 0 Å². The number of benzene rings is 4. The van der Waals surface area contributed by atoms with Crippen molar-refractivity contribution in [3.63, 3.8) is 0 Å². The summed E-state index contributed by atoms with van der Waals surface area (Å²) in [5.74, 6) is 0.110. The number of carbonyl (C=O) groups excluding carboxylic acids is 1. The van der Waals surface area contributed by atoms with Gasteiger partial charge in [-0.3, -0.25) is 4.79 Å². The van der Waals surface area contributed by atoms with E-state index in [1.54, 1.807) is 6.21 Å². The van der Waals surface area contributed by atoms with E-state index in [1.807, 2.05) is 66.7 Å². The zero-order valence-corrected chi connectivity index (χ0v) is 21.2. The Kier molecular flexibility index (Phi) is 9.29. The Hall–Kier alpha value is -3.95. The smallest absolute Gasteiger partial charge is 0.271 e. The van der Waals surface area contributed by atoms with Crippen molar-refractivity contribution in [2.75, 3.05) is 19.8 Å². The minimum Gasteiger partial charge on any atom is -0.506 e. The lowest BCUT2D eigenvalue weighted by Gasteiger charge is -2.23. The quantitative estimate of drug-likeness (QED) is 0.113. The molecule has 0 radical (unpaired) electrons. The van der Waals surface area contributed by atoms with Crippen LogP contribution in [0, 0.1) is 0 Å². The number of carbonyl (C=O) groups is 1. The number of nitrogens with one attached hydrogen (secondary N) is 2. The second-order valence-corrected chi connectivity index (χ2v) is 8.92. The number of phenols is 1. The van der Waals surface area contributed by atoms with Gasteiger partial charge in [-0.2, -0.15) is 5.10 Å². The van der Waals surface area contributed by atoms with E-state index in [0.29, 0.717) is 18.9 Å². The fourth-order valence-corrected chi connectivity index (χ4v) is 4.15. The molecule has 0 saturated heterocycles. The Labute approximate surface area is 225 Å². The molecule has 2 atom stereocenters. The molecule has 196 valence electrons. The highest BCUT2D eigenvalue weighted by Gasteiger charge is 2.19. The molecule has 4 aromatic rings. The van der Waals surface area contributed by atoms with Crippen LogP contribution in [-0.2, 0) is 0 Å². The summed E-state index contributed by atoms with van der Waals surface area (Å²) in [5.41, 5.74) is 4.24. The number of ether oxygens (including phenoxy) is 1. The predicted octanol–water partition coefficient (Wildman–Crippen LogP) is 4.03. The van der Waals surface area contributed by atoms with Crippen LogP contribution in [0.5, 0.6) is 11.5 Å². The molecule has 0 heterocycles. The van der Waals surface area contributed by atoms with Gasteiger partial charge in [0.15, 0.2) is 0 Å². The van der Waals surface area contributed by atoms with Crippen LogP contribution in [0.2, 0.25) is 5.02 Å². The third kappa shape index (κ3) is 6.67. The largest absolute Gasteiger partial charge is 0.506 e. The highest BCUT2D eigenvalue weighted by molar-refractivity contribution is 6.32. The lowest BCUT2D eigenvalue weighted by molar-refractivity contribution is 0.0878. The van der Waals surface area contributed by atoms with Crippen LogP contribution in [0.15, 0.2) is 90.0 Å². The number of hydrazone groups is 1. The molecule has 0 saturated carbocycles. The molecule has 4 aromatic carbocycles. The average Bonchev–Trinajstić information content (AvgIpc) is 2.95. The van der Waals surface area contributed by atoms with Gasteiger partial charge < -0.3 is 25.4 Å². The van der Waals surface area contributed by atoms with Gasteiger partial charge in [-0.15, -0.1) is 0 Å². The van der Waals surface area contributed by atoms with Gasteiger partial charge in [0.2, 0.25) is 0 Å². The summed E-state index contributed by atoms with van der Waals surface area (Å²) in [4.78, 5) is 12.3. The Morgan fingerprint density at radius 3 is 2.47 bits per heavy atom. The molecule has 0 fully saturated rings. The van der Waals surface area contributed by atoms with Crippen LogP contribution in [-0.4, -0.2) is 53.2 Å². The maximum Gasteiger partial charge on any atom is 0.271 e. The summed E-state index contributed by atoms with van der Waals surface area (Å²) < 4.78 is 6.00. The molecule has 2 unspecified atom stereocenters. The number of aliphatic hydroxyl groups is 2. The van der Waals surface area contributed by atoms with Gasteiger partial charge in [-0.25, -0.2) is 5.43 Å². The van der Waals surface area contributed by atoms with Gasteiger partial charge in [-0.05, 0) is 41.3 Å². The molecule has 5 N–H and O–H groups in total. The van der Waals surface area contributed by atoms with Crippen LogP contribution >= 0.6 is 11.6 Å². The fraction of sp³-hybridized carbons (Fsp3) is 0.172. The molecule has 8 nitrogen and oxygen atoms in total. The minimum absolute atomic E-state index is 0.0812. The molecule has 0 aromatic heterocycles. The maximum atomic E-state index is 12.3. The third-order valence-corrected chi connectivity index (χ3v) is 6.29. The normalized spacial score (nSPS) is 12.9. The first kappa shape index (κ1) is 27.1. The Bertz CT molecular complexity index is 1410. The summed E-state index contributed by atoms with van der Waals surface area (Å²) in [6.45, 7) is 0.518. The zero-order valence-electron chi connectivity index (χ0n) is 20.4. The zero-order chi connectivity index (χ0) is 26.9. The van der Waals surface area contributed by atoms with Gasteiger partial charge in [0.1, 0.15) is 18.1 Å². The lowest BCUT2D eigenvalue weighted by atomic mass is 10.0. The van der Waals surface area contributed by atoms with Crippen molar-refractivity contribution in [1.82, 2.24) is 10.7 Å². The molecular formula is C29H28ClN3O5. The van der Waals surface area contributed by atoms with Gasteiger partial charge in [0.05, 0.1) is 30.0 Å². The van der Waals surface area contributed by atoms with Gasteiger partial charge in [0, 0.05) is 23.1 Å². The van der Waals surface area contributed by atoms with Crippen molar-refractivity contribution < 1.29 is 24.9 Å². The monoisotopic (exact) mass is 533 g/mol. The SMILES string of the molecule is O=C(N/N=C/c1ccc(OCCNC(CO)C(O)c2ccccc2)c2ccccc12)c1ccc(O)c(Cl)c1. The van der Waals surface area contributed by atoms with E-state index in [2.05, 4.69) is 15.8 Å². The van der Waals surface area contributed by atoms with Crippen molar-refractivity contribution in [3.05, 3.63) is 107 Å². The second-order valence-electron chi connectivity index (χ2n) is 8.51. The van der Waals surface area contributed by atoms with Crippen molar-refractivity contribution in [2.45, 2.75) is 12.1 Å². The molecule has 4 rings (SSSR count). The fourth-order valence-electron chi connectivity index (χ4n) is 3.97. The maximum absolute atomic E-state index is 12.3. The van der Waals surface area contributed by atoms with Gasteiger partial charge in [0.25, 0.3) is 5.91 Å². The summed E-state index contributed by atoms with van der Waals surface area (Å²) in [6, 6.07) is 24.2. The second kappa shape index (κ2) is 13.0. The van der Waals surface area contributed by atoms with E-state index < -0.39 is 18.1 Å². The summed E-state index contributed by atoms with van der Waals surface area (Å²) in [7, 11) is 0. The van der Waals surface area contributed by atoms with Crippen molar-refractivity contribution in [2.24, 2.45) is 5.10 Å². The topological polar surface area (TPSA) is 123 Å². The van der Waals surface area contributed by atoms with E-state index in [0.717, 1.165) is 21.9 Å². The van der Waals surface area contributed by atoms with Crippen LogP contribution in [0.25, 0.3) is 10.8 Å². The molecule has 0 aliphatic heterocycles. The number of amides is 1. The molecule has 1 amide bonds. The van der Waals surface area contributed by atoms with Gasteiger partial charge in [-0.1, -0.05) is 66.2 Å². The first-order valence-corrected chi connectivity index (χ1v) is 12.4. The number of hydrogen-bond donors (Lipinski definition) is 5. The number of nitrogens with zero attached hydrogens (tertiary/aromatic N) is 1. The highest BCUT2D eigenvalue weighted by Crippen LogP contribution is 2.28. The number of hydrogen-bond acceptors (Lipinski definition) is 7. The highest BCUT2D eigenvalue weighted by atomic mass is 35.5. The first-order valence-electron chi connectivity index (χ1n) is 12.0. The van der Waals surface area contributed by atoms with Crippen LogP contribution in [0.1, 0.15) is 27.6 Å². The molecule has 0 aliphatic carbocycles.